The van der Waals surface area contributed by atoms with Crippen LogP contribution in [-0.4, -0.2) is 42.4 Å². The summed E-state index contributed by atoms with van der Waals surface area (Å²) in [4.78, 5) is 26.2. The second-order valence-corrected chi connectivity index (χ2v) is 5.91. The van der Waals surface area contributed by atoms with E-state index in [-0.39, 0.29) is 0 Å². The van der Waals surface area contributed by atoms with Crippen molar-refractivity contribution in [1.29, 1.82) is 0 Å². The quantitative estimate of drug-likeness (QED) is 0.834. The van der Waals surface area contributed by atoms with Crippen LogP contribution in [0, 0.1) is 13.8 Å². The lowest BCUT2D eigenvalue weighted by atomic mass is 10.1. The van der Waals surface area contributed by atoms with Crippen LogP contribution in [0.25, 0.3) is 0 Å². The molecule has 0 bridgehead atoms. The summed E-state index contributed by atoms with van der Waals surface area (Å²) in [6.07, 6.45) is 2.23. The highest BCUT2D eigenvalue weighted by Crippen LogP contribution is 2.16. The molecule has 1 fully saturated rings. The Labute approximate surface area is 132 Å². The number of nitrogens with zero attached hydrogens (tertiary/aromatic N) is 1. The number of hydrogen-bond acceptors (Lipinski definition) is 3. The lowest BCUT2D eigenvalue weighted by Crippen LogP contribution is -2.43. The van der Waals surface area contributed by atoms with Crippen LogP contribution >= 0.6 is 0 Å². The molecule has 1 aliphatic heterocycles. The third-order valence-electron chi connectivity index (χ3n) is 4.24. The predicted octanol–water partition coefficient (Wildman–Crippen LogP) is 1.84. The molecule has 22 heavy (non-hydrogen) atoms. The number of rotatable bonds is 4. The second-order valence-electron chi connectivity index (χ2n) is 5.91. The Morgan fingerprint density at radius 1 is 1.27 bits per heavy atom. The Kier molecular flexibility index (Phi) is 5.55. The van der Waals surface area contributed by atoms with Crippen molar-refractivity contribution in [3.8, 4) is 0 Å². The molecule has 1 aliphatic rings. The van der Waals surface area contributed by atoms with Gasteiger partial charge in [-0.3, -0.25) is 14.5 Å². The minimum atomic E-state index is -0.604. The Morgan fingerprint density at radius 3 is 2.73 bits per heavy atom. The van der Waals surface area contributed by atoms with E-state index in [4.69, 9.17) is 0 Å². The second kappa shape index (κ2) is 7.40. The molecule has 0 saturated carbocycles. The third-order valence-corrected chi connectivity index (χ3v) is 4.24. The monoisotopic (exact) mass is 303 g/mol. The Morgan fingerprint density at radius 2 is 2.05 bits per heavy atom. The van der Waals surface area contributed by atoms with E-state index < -0.39 is 11.8 Å². The van der Waals surface area contributed by atoms with Gasteiger partial charge in [0, 0.05) is 18.3 Å². The number of carbonyl (C=O) groups excluding carboxylic acids is 2. The summed E-state index contributed by atoms with van der Waals surface area (Å²) in [5.41, 5.74) is 2.76. The molecule has 2 N–H and O–H groups in total. The van der Waals surface area contributed by atoms with Gasteiger partial charge in [0.2, 0.25) is 0 Å². The number of amides is 2. The van der Waals surface area contributed by atoms with Gasteiger partial charge in [-0.1, -0.05) is 24.6 Å². The van der Waals surface area contributed by atoms with Gasteiger partial charge in [-0.25, -0.2) is 0 Å². The maximum absolute atomic E-state index is 12.0. The standard InChI is InChI=1S/C17H25N3O2/c1-4-20-9-5-6-14(20)11-18-16(21)17(22)19-15-8-7-12(2)10-13(15)3/h7-8,10,14H,4-6,9,11H2,1-3H3,(H,18,21)(H,19,22)/t14-/m0/s1. The van der Waals surface area contributed by atoms with Crippen molar-refractivity contribution in [3.05, 3.63) is 29.3 Å². The van der Waals surface area contributed by atoms with Crippen LogP contribution in [0.15, 0.2) is 18.2 Å². The molecule has 0 spiro atoms. The first-order valence-corrected chi connectivity index (χ1v) is 7.91. The summed E-state index contributed by atoms with van der Waals surface area (Å²) < 4.78 is 0. The number of likely N-dealkylation sites (tertiary alicyclic amines) is 1. The van der Waals surface area contributed by atoms with Gasteiger partial charge in [-0.15, -0.1) is 0 Å². The zero-order valence-electron chi connectivity index (χ0n) is 13.6. The Bertz CT molecular complexity index is 557. The van der Waals surface area contributed by atoms with Gasteiger partial charge in [0.05, 0.1) is 0 Å². The SMILES string of the molecule is CCN1CCC[C@H]1CNC(=O)C(=O)Nc1ccc(C)cc1C. The normalized spacial score (nSPS) is 18.2. The fraction of sp³-hybridized carbons (Fsp3) is 0.529. The fourth-order valence-corrected chi connectivity index (χ4v) is 2.97. The molecular formula is C17H25N3O2. The van der Waals surface area contributed by atoms with Crippen molar-refractivity contribution in [3.63, 3.8) is 0 Å². The average molecular weight is 303 g/mol. The van der Waals surface area contributed by atoms with Crippen molar-refractivity contribution in [2.45, 2.75) is 39.7 Å². The molecule has 0 radical (unpaired) electrons. The molecule has 0 aromatic heterocycles. The number of anilines is 1. The van der Waals surface area contributed by atoms with E-state index in [0.29, 0.717) is 18.3 Å². The molecule has 1 aromatic rings. The van der Waals surface area contributed by atoms with Crippen molar-refractivity contribution in [2.75, 3.05) is 25.0 Å². The highest BCUT2D eigenvalue weighted by Gasteiger charge is 2.24. The number of likely N-dealkylation sites (N-methyl/N-ethyl adjacent to an activating group) is 1. The van der Waals surface area contributed by atoms with Gasteiger partial charge in [0.25, 0.3) is 0 Å². The van der Waals surface area contributed by atoms with Crippen molar-refractivity contribution >= 4 is 17.5 Å². The maximum atomic E-state index is 12.0. The number of carbonyl (C=O) groups is 2. The van der Waals surface area contributed by atoms with E-state index >= 15 is 0 Å². The van der Waals surface area contributed by atoms with Gasteiger partial charge in [0.15, 0.2) is 0 Å². The van der Waals surface area contributed by atoms with E-state index in [2.05, 4.69) is 22.5 Å². The summed E-state index contributed by atoms with van der Waals surface area (Å²) in [7, 11) is 0. The summed E-state index contributed by atoms with van der Waals surface area (Å²) in [6.45, 7) is 8.62. The fourth-order valence-electron chi connectivity index (χ4n) is 2.97. The minimum absolute atomic E-state index is 0.350. The van der Waals surface area contributed by atoms with Crippen LogP contribution < -0.4 is 10.6 Å². The van der Waals surface area contributed by atoms with E-state index in [9.17, 15) is 9.59 Å². The zero-order valence-corrected chi connectivity index (χ0v) is 13.6. The van der Waals surface area contributed by atoms with Crippen LogP contribution in [0.1, 0.15) is 30.9 Å². The summed E-state index contributed by atoms with van der Waals surface area (Å²) in [5, 5.41) is 5.42. The van der Waals surface area contributed by atoms with Gasteiger partial charge in [-0.05, 0) is 51.4 Å². The van der Waals surface area contributed by atoms with Crippen molar-refractivity contribution in [2.24, 2.45) is 0 Å². The Hall–Kier alpha value is -1.88. The molecule has 1 heterocycles. The van der Waals surface area contributed by atoms with Crippen molar-refractivity contribution < 1.29 is 9.59 Å². The van der Waals surface area contributed by atoms with Gasteiger partial charge in [-0.2, -0.15) is 0 Å². The van der Waals surface area contributed by atoms with E-state index in [0.717, 1.165) is 37.1 Å². The third kappa shape index (κ3) is 4.07. The van der Waals surface area contributed by atoms with Gasteiger partial charge >= 0.3 is 11.8 Å². The molecule has 2 rings (SSSR count). The number of hydrogen-bond donors (Lipinski definition) is 2. The van der Waals surface area contributed by atoms with Crippen LogP contribution in [0.2, 0.25) is 0 Å². The van der Waals surface area contributed by atoms with Gasteiger partial charge in [0.1, 0.15) is 0 Å². The number of benzene rings is 1. The summed E-state index contributed by atoms with van der Waals surface area (Å²) >= 11 is 0. The zero-order chi connectivity index (χ0) is 16.1. The average Bonchev–Trinajstić information content (AvgIpc) is 2.95. The molecule has 5 nitrogen and oxygen atoms in total. The number of aryl methyl sites for hydroxylation is 2. The number of nitrogens with one attached hydrogen (secondary N) is 2. The topological polar surface area (TPSA) is 61.4 Å². The van der Waals surface area contributed by atoms with Crippen LogP contribution in [-0.2, 0) is 9.59 Å². The molecule has 5 heteroatoms. The van der Waals surface area contributed by atoms with Crippen molar-refractivity contribution in [1.82, 2.24) is 10.2 Å². The summed E-state index contributed by atoms with van der Waals surface area (Å²) in [6, 6.07) is 6.07. The molecule has 0 unspecified atom stereocenters. The molecule has 2 amide bonds. The smallest absolute Gasteiger partial charge is 0.313 e. The minimum Gasteiger partial charge on any atom is -0.346 e. The molecule has 1 aromatic carbocycles. The molecule has 1 atom stereocenters. The largest absolute Gasteiger partial charge is 0.346 e. The molecule has 120 valence electrons. The molecule has 1 saturated heterocycles. The van der Waals surface area contributed by atoms with E-state index in [1.54, 1.807) is 0 Å². The van der Waals surface area contributed by atoms with E-state index in [1.807, 2.05) is 32.0 Å². The highest BCUT2D eigenvalue weighted by atomic mass is 16.2. The molecular weight excluding hydrogens is 278 g/mol. The predicted molar refractivity (Wildman–Crippen MR) is 87.8 cm³/mol. The first-order valence-electron chi connectivity index (χ1n) is 7.91. The first-order chi connectivity index (χ1) is 10.5. The lowest BCUT2D eigenvalue weighted by molar-refractivity contribution is -0.136. The van der Waals surface area contributed by atoms with Crippen LogP contribution in [0.3, 0.4) is 0 Å². The Balaban J connectivity index is 1.85. The summed E-state index contributed by atoms with van der Waals surface area (Å²) in [5.74, 6) is -1.17. The lowest BCUT2D eigenvalue weighted by Gasteiger charge is -2.22. The highest BCUT2D eigenvalue weighted by molar-refractivity contribution is 6.39. The van der Waals surface area contributed by atoms with Crippen LogP contribution in [0.5, 0.6) is 0 Å². The van der Waals surface area contributed by atoms with Crippen LogP contribution in [0.4, 0.5) is 5.69 Å². The van der Waals surface area contributed by atoms with E-state index in [1.165, 1.54) is 0 Å². The molecule has 0 aliphatic carbocycles. The van der Waals surface area contributed by atoms with Gasteiger partial charge < -0.3 is 10.6 Å². The first kappa shape index (κ1) is 16.5. The maximum Gasteiger partial charge on any atom is 0.313 e.